The van der Waals surface area contributed by atoms with Gasteiger partial charge in [0.15, 0.2) is 0 Å². The summed E-state index contributed by atoms with van der Waals surface area (Å²) in [5, 5.41) is 0. The zero-order valence-corrected chi connectivity index (χ0v) is 11.5. The Morgan fingerprint density at radius 2 is 2.16 bits per heavy atom. The van der Waals surface area contributed by atoms with Crippen molar-refractivity contribution in [2.75, 3.05) is 31.6 Å². The van der Waals surface area contributed by atoms with Gasteiger partial charge in [-0.3, -0.25) is 9.69 Å². The topological polar surface area (TPSA) is 40.6 Å². The third-order valence-electron chi connectivity index (χ3n) is 3.61. The largest absolute Gasteiger partial charge is 0.310 e. The van der Waals surface area contributed by atoms with Crippen molar-refractivity contribution in [2.24, 2.45) is 0 Å². The second kappa shape index (κ2) is 5.97. The fraction of sp³-hybridized carbons (Fsp3) is 0.467. The first-order valence-corrected chi connectivity index (χ1v) is 6.64. The molecule has 1 aliphatic heterocycles. The van der Waals surface area contributed by atoms with Crippen LogP contribution in [0.15, 0.2) is 24.3 Å². The van der Waals surface area contributed by atoms with Gasteiger partial charge in [0.2, 0.25) is 5.91 Å². The van der Waals surface area contributed by atoms with Crippen molar-refractivity contribution in [3.63, 3.8) is 0 Å². The van der Waals surface area contributed by atoms with E-state index in [-0.39, 0.29) is 11.8 Å². The Hall–Kier alpha value is -1.68. The second-order valence-corrected chi connectivity index (χ2v) is 5.18. The maximum absolute atomic E-state index is 12.0. The van der Waals surface area contributed by atoms with E-state index >= 15 is 0 Å². The summed E-state index contributed by atoms with van der Waals surface area (Å²) in [6.07, 6.45) is 1.46. The third-order valence-corrected chi connectivity index (χ3v) is 3.61. The Morgan fingerprint density at radius 1 is 1.37 bits per heavy atom. The molecular formula is C15H20N2O2. The van der Waals surface area contributed by atoms with E-state index in [9.17, 15) is 9.59 Å². The van der Waals surface area contributed by atoms with Crippen molar-refractivity contribution >= 4 is 17.9 Å². The molecule has 0 aromatic heterocycles. The first kappa shape index (κ1) is 13.7. The number of benzene rings is 1. The molecule has 1 aromatic carbocycles. The van der Waals surface area contributed by atoms with Crippen LogP contribution in [0, 0.1) is 0 Å². The summed E-state index contributed by atoms with van der Waals surface area (Å²) in [5.74, 6) is 0.328. The van der Waals surface area contributed by atoms with Gasteiger partial charge in [0.1, 0.15) is 6.29 Å². The van der Waals surface area contributed by atoms with Crippen molar-refractivity contribution in [1.29, 1.82) is 0 Å². The van der Waals surface area contributed by atoms with E-state index in [1.165, 1.54) is 0 Å². The molecule has 1 atom stereocenters. The van der Waals surface area contributed by atoms with E-state index in [0.29, 0.717) is 13.0 Å². The Balaban J connectivity index is 2.18. The summed E-state index contributed by atoms with van der Waals surface area (Å²) in [4.78, 5) is 26.5. The lowest BCUT2D eigenvalue weighted by molar-refractivity contribution is -0.120. The van der Waals surface area contributed by atoms with Gasteiger partial charge in [-0.15, -0.1) is 0 Å². The minimum absolute atomic E-state index is 0.133. The van der Waals surface area contributed by atoms with Crippen molar-refractivity contribution in [2.45, 2.75) is 19.3 Å². The second-order valence-electron chi connectivity index (χ2n) is 5.18. The molecule has 4 nitrogen and oxygen atoms in total. The summed E-state index contributed by atoms with van der Waals surface area (Å²) in [6, 6.07) is 7.95. The maximum atomic E-state index is 12.0. The van der Waals surface area contributed by atoms with Gasteiger partial charge < -0.3 is 9.69 Å². The molecule has 0 radical (unpaired) electrons. The third kappa shape index (κ3) is 3.20. The number of hydrogen-bond acceptors (Lipinski definition) is 3. The van der Waals surface area contributed by atoms with E-state index in [2.05, 4.69) is 0 Å². The molecule has 4 heteroatoms. The molecule has 0 aliphatic carbocycles. The quantitative estimate of drug-likeness (QED) is 0.773. The van der Waals surface area contributed by atoms with Crippen LogP contribution in [0.3, 0.4) is 0 Å². The lowest BCUT2D eigenvalue weighted by atomic mass is 9.98. The first-order valence-electron chi connectivity index (χ1n) is 6.64. The number of rotatable bonds is 4. The minimum Gasteiger partial charge on any atom is -0.310 e. The van der Waals surface area contributed by atoms with Crippen molar-refractivity contribution in [1.82, 2.24) is 4.90 Å². The molecule has 1 heterocycles. The van der Waals surface area contributed by atoms with Crippen LogP contribution in [0.2, 0.25) is 0 Å². The average molecular weight is 260 g/mol. The van der Waals surface area contributed by atoms with Crippen molar-refractivity contribution in [3.8, 4) is 0 Å². The number of amides is 1. The normalized spacial score (nSPS) is 18.4. The highest BCUT2D eigenvalue weighted by molar-refractivity contribution is 5.95. The number of carbonyl (C=O) groups is 2. The van der Waals surface area contributed by atoms with Crippen LogP contribution in [0.4, 0.5) is 5.69 Å². The molecule has 102 valence electrons. The molecule has 1 unspecified atom stereocenters. The number of carbonyl (C=O) groups excluding carboxylic acids is 2. The Bertz CT molecular complexity index is 473. The Kier molecular flexibility index (Phi) is 4.32. The van der Waals surface area contributed by atoms with E-state index in [4.69, 9.17) is 0 Å². The summed E-state index contributed by atoms with van der Waals surface area (Å²) in [7, 11) is 1.96. The van der Waals surface area contributed by atoms with Crippen LogP contribution >= 0.6 is 0 Å². The highest BCUT2D eigenvalue weighted by Crippen LogP contribution is 2.24. The molecule has 1 amide bonds. The van der Waals surface area contributed by atoms with E-state index in [1.54, 1.807) is 0 Å². The molecule has 1 aromatic rings. The number of likely N-dealkylation sites (N-methyl/N-ethyl adjacent to an activating group) is 1. The van der Waals surface area contributed by atoms with E-state index < -0.39 is 0 Å². The van der Waals surface area contributed by atoms with Gasteiger partial charge in [-0.2, -0.15) is 0 Å². The monoisotopic (exact) mass is 260 g/mol. The summed E-state index contributed by atoms with van der Waals surface area (Å²) in [5.41, 5.74) is 2.05. The van der Waals surface area contributed by atoms with Gasteiger partial charge in [-0.1, -0.05) is 19.1 Å². The number of hydrogen-bond donors (Lipinski definition) is 0. The highest BCUT2D eigenvalue weighted by Gasteiger charge is 2.23. The number of piperazine rings is 1. The first-order chi connectivity index (χ1) is 9.11. The molecule has 0 saturated carbocycles. The summed E-state index contributed by atoms with van der Waals surface area (Å²) >= 11 is 0. The molecule has 1 saturated heterocycles. The lowest BCUT2D eigenvalue weighted by Gasteiger charge is -2.32. The fourth-order valence-corrected chi connectivity index (χ4v) is 2.34. The predicted octanol–water partition coefficient (Wildman–Crippen LogP) is 1.66. The average Bonchev–Trinajstić information content (AvgIpc) is 2.39. The maximum Gasteiger partial charge on any atom is 0.241 e. The smallest absolute Gasteiger partial charge is 0.241 e. The van der Waals surface area contributed by atoms with Crippen LogP contribution in [0.25, 0.3) is 0 Å². The lowest BCUT2D eigenvalue weighted by Crippen LogP contribution is -2.48. The molecule has 0 N–H and O–H groups in total. The zero-order chi connectivity index (χ0) is 13.8. The van der Waals surface area contributed by atoms with Crippen molar-refractivity contribution in [3.05, 3.63) is 29.8 Å². The van der Waals surface area contributed by atoms with Crippen LogP contribution < -0.4 is 4.90 Å². The minimum atomic E-state index is 0.133. The van der Waals surface area contributed by atoms with Gasteiger partial charge >= 0.3 is 0 Å². The molecule has 2 rings (SSSR count). The van der Waals surface area contributed by atoms with Crippen molar-refractivity contribution < 1.29 is 9.59 Å². The van der Waals surface area contributed by atoms with Gasteiger partial charge in [0.05, 0.1) is 6.54 Å². The summed E-state index contributed by atoms with van der Waals surface area (Å²) < 4.78 is 0. The Labute approximate surface area is 114 Å². The number of nitrogens with zero attached hydrogens (tertiary/aromatic N) is 2. The van der Waals surface area contributed by atoms with Gasteiger partial charge in [0, 0.05) is 25.2 Å². The number of aldehydes is 1. The zero-order valence-electron chi connectivity index (χ0n) is 11.5. The van der Waals surface area contributed by atoms with Crippen LogP contribution in [-0.2, 0) is 9.59 Å². The molecule has 0 spiro atoms. The molecule has 0 bridgehead atoms. The predicted molar refractivity (Wildman–Crippen MR) is 75.4 cm³/mol. The standard InChI is InChI=1S/C15H20N2O2/c1-12(6-9-18)13-4-3-5-14(10-13)17-8-7-16(2)11-15(17)19/h3-5,9-10,12H,6-8,11H2,1-2H3. The SMILES string of the molecule is CC(CC=O)c1cccc(N2CCN(C)CC2=O)c1. The van der Waals surface area contributed by atoms with Crippen LogP contribution in [0.5, 0.6) is 0 Å². The van der Waals surface area contributed by atoms with E-state index in [1.807, 2.05) is 48.0 Å². The van der Waals surface area contributed by atoms with Gasteiger partial charge in [-0.05, 0) is 30.7 Å². The molecular weight excluding hydrogens is 240 g/mol. The summed E-state index contributed by atoms with van der Waals surface area (Å²) in [6.45, 7) is 4.11. The number of anilines is 1. The highest BCUT2D eigenvalue weighted by atomic mass is 16.2. The van der Waals surface area contributed by atoms with Gasteiger partial charge in [-0.25, -0.2) is 0 Å². The molecule has 19 heavy (non-hydrogen) atoms. The molecule has 1 fully saturated rings. The van der Waals surface area contributed by atoms with Crippen LogP contribution in [-0.4, -0.2) is 43.8 Å². The molecule has 1 aliphatic rings. The fourth-order valence-electron chi connectivity index (χ4n) is 2.34. The van der Waals surface area contributed by atoms with Crippen LogP contribution in [0.1, 0.15) is 24.8 Å². The van der Waals surface area contributed by atoms with Gasteiger partial charge in [0.25, 0.3) is 0 Å². The van der Waals surface area contributed by atoms with E-state index in [0.717, 1.165) is 30.6 Å². The Morgan fingerprint density at radius 3 is 2.84 bits per heavy atom.